The van der Waals surface area contributed by atoms with Crippen molar-refractivity contribution < 1.29 is 18.0 Å². The van der Waals surface area contributed by atoms with Crippen LogP contribution in [0.15, 0.2) is 10.7 Å². The average Bonchev–Trinajstić information content (AvgIpc) is 3.05. The number of aryl methyl sites for hydroxylation is 1. The molecule has 0 aromatic carbocycles. The maximum absolute atomic E-state index is 13.4. The van der Waals surface area contributed by atoms with E-state index in [2.05, 4.69) is 26.1 Å². The van der Waals surface area contributed by atoms with Crippen molar-refractivity contribution in [3.05, 3.63) is 33.3 Å². The second kappa shape index (κ2) is 8.26. The Balaban J connectivity index is 1.79. The molecule has 0 saturated carbocycles. The molecule has 28 heavy (non-hydrogen) atoms. The first-order valence-electron chi connectivity index (χ1n) is 9.32. The van der Waals surface area contributed by atoms with E-state index in [0.717, 1.165) is 17.3 Å². The molecular formula is C18H23BrF3N5O. The molecule has 0 atom stereocenters. The predicted octanol–water partition coefficient (Wildman–Crippen LogP) is 3.81. The Morgan fingerprint density at radius 2 is 1.96 bits per heavy atom. The molecule has 1 aliphatic carbocycles. The van der Waals surface area contributed by atoms with Crippen molar-refractivity contribution >= 4 is 21.8 Å². The molecule has 1 amide bonds. The number of fused-ring (bicyclic) bond motifs is 1. The summed E-state index contributed by atoms with van der Waals surface area (Å²) in [5.74, 6) is -0.304. The van der Waals surface area contributed by atoms with Gasteiger partial charge in [-0.05, 0) is 48.5 Å². The van der Waals surface area contributed by atoms with Crippen LogP contribution in [0.25, 0.3) is 0 Å². The molecule has 10 heteroatoms. The largest absolute Gasteiger partial charge is 0.435 e. The third-order valence-electron chi connectivity index (χ3n) is 4.98. The van der Waals surface area contributed by atoms with Crippen molar-refractivity contribution in [2.75, 3.05) is 7.05 Å². The first-order valence-corrected chi connectivity index (χ1v) is 10.1. The highest BCUT2D eigenvalue weighted by Crippen LogP contribution is 2.35. The third-order valence-corrected chi connectivity index (χ3v) is 5.65. The number of aromatic nitrogens is 4. The van der Waals surface area contributed by atoms with Crippen molar-refractivity contribution in [3.8, 4) is 0 Å². The van der Waals surface area contributed by atoms with Gasteiger partial charge in [-0.15, -0.1) is 0 Å². The number of carbonyl (C=O) groups is 1. The van der Waals surface area contributed by atoms with Gasteiger partial charge in [0.05, 0.1) is 16.7 Å². The molecule has 0 saturated heterocycles. The van der Waals surface area contributed by atoms with E-state index in [0.29, 0.717) is 37.2 Å². The van der Waals surface area contributed by atoms with Gasteiger partial charge in [0, 0.05) is 31.0 Å². The summed E-state index contributed by atoms with van der Waals surface area (Å²) in [6.45, 7) is 2.72. The fraction of sp³-hybridized carbons (Fsp3) is 0.611. The summed E-state index contributed by atoms with van der Waals surface area (Å²) in [4.78, 5) is 14.1. The van der Waals surface area contributed by atoms with Crippen LogP contribution in [0.3, 0.4) is 0 Å². The lowest BCUT2D eigenvalue weighted by molar-refractivity contribution is -0.142. The number of nitrogens with zero attached hydrogens (tertiary/aromatic N) is 5. The van der Waals surface area contributed by atoms with Gasteiger partial charge in [0.15, 0.2) is 5.69 Å². The van der Waals surface area contributed by atoms with E-state index < -0.39 is 11.9 Å². The number of carbonyl (C=O) groups excluding carboxylic acids is 1. The first-order chi connectivity index (χ1) is 13.2. The van der Waals surface area contributed by atoms with E-state index in [-0.39, 0.29) is 24.6 Å². The minimum absolute atomic E-state index is 0.207. The molecule has 0 aliphatic heterocycles. The highest BCUT2D eigenvalue weighted by molar-refractivity contribution is 9.10. The zero-order valence-electron chi connectivity index (χ0n) is 15.9. The van der Waals surface area contributed by atoms with Gasteiger partial charge in [0.1, 0.15) is 6.54 Å². The monoisotopic (exact) mass is 461 g/mol. The summed E-state index contributed by atoms with van der Waals surface area (Å²) < 4.78 is 44.0. The summed E-state index contributed by atoms with van der Waals surface area (Å²) in [5.41, 5.74) is 0.658. The average molecular weight is 462 g/mol. The molecule has 0 unspecified atom stereocenters. The molecule has 154 valence electrons. The summed E-state index contributed by atoms with van der Waals surface area (Å²) in [6, 6.07) is 0. The lowest BCUT2D eigenvalue weighted by Gasteiger charge is -2.17. The van der Waals surface area contributed by atoms with E-state index in [1.165, 1.54) is 9.58 Å². The molecular weight excluding hydrogens is 439 g/mol. The summed E-state index contributed by atoms with van der Waals surface area (Å²) in [7, 11) is 1.62. The molecule has 6 nitrogen and oxygen atoms in total. The Bertz CT molecular complexity index is 858. The maximum Gasteiger partial charge on any atom is 0.435 e. The Morgan fingerprint density at radius 3 is 2.61 bits per heavy atom. The lowest BCUT2D eigenvalue weighted by atomic mass is 10.1. The molecule has 2 aromatic heterocycles. The van der Waals surface area contributed by atoms with Crippen molar-refractivity contribution in [2.24, 2.45) is 0 Å². The number of rotatable bonds is 5. The molecule has 0 bridgehead atoms. The van der Waals surface area contributed by atoms with Gasteiger partial charge in [-0.25, -0.2) is 0 Å². The molecule has 0 radical (unpaired) electrons. The Kier molecular flexibility index (Phi) is 6.16. The maximum atomic E-state index is 13.4. The summed E-state index contributed by atoms with van der Waals surface area (Å²) >= 11 is 3.42. The molecule has 1 aliphatic rings. The fourth-order valence-electron chi connectivity index (χ4n) is 3.47. The van der Waals surface area contributed by atoms with Crippen molar-refractivity contribution in [2.45, 2.75) is 64.8 Å². The van der Waals surface area contributed by atoms with Crippen LogP contribution in [-0.4, -0.2) is 37.4 Å². The number of hydrogen-bond acceptors (Lipinski definition) is 3. The topological polar surface area (TPSA) is 56.0 Å². The third kappa shape index (κ3) is 4.42. The van der Waals surface area contributed by atoms with Crippen LogP contribution in [0.1, 0.15) is 48.8 Å². The van der Waals surface area contributed by atoms with Gasteiger partial charge in [-0.2, -0.15) is 23.4 Å². The van der Waals surface area contributed by atoms with Crippen molar-refractivity contribution in [1.82, 2.24) is 24.5 Å². The molecule has 3 rings (SSSR count). The van der Waals surface area contributed by atoms with Gasteiger partial charge in [-0.1, -0.05) is 6.42 Å². The van der Waals surface area contributed by atoms with Gasteiger partial charge < -0.3 is 4.90 Å². The van der Waals surface area contributed by atoms with Crippen LogP contribution in [-0.2, 0) is 43.4 Å². The number of hydrogen-bond donors (Lipinski definition) is 0. The van der Waals surface area contributed by atoms with E-state index in [1.807, 2.05) is 13.1 Å². The highest BCUT2D eigenvalue weighted by atomic mass is 79.9. The Labute approximate surface area is 169 Å². The van der Waals surface area contributed by atoms with E-state index in [1.54, 1.807) is 11.7 Å². The number of likely N-dealkylation sites (N-methyl/N-ethyl adjacent to an activating group) is 1. The summed E-state index contributed by atoms with van der Waals surface area (Å²) in [5, 5.41) is 8.17. The molecule has 0 N–H and O–H groups in total. The van der Waals surface area contributed by atoms with Crippen molar-refractivity contribution in [1.29, 1.82) is 0 Å². The van der Waals surface area contributed by atoms with Crippen LogP contribution in [0.4, 0.5) is 13.2 Å². The normalized spacial score (nSPS) is 14.6. The molecule has 2 heterocycles. The zero-order chi connectivity index (χ0) is 20.5. The van der Waals surface area contributed by atoms with E-state index in [9.17, 15) is 18.0 Å². The van der Waals surface area contributed by atoms with Gasteiger partial charge in [0.2, 0.25) is 5.91 Å². The van der Waals surface area contributed by atoms with Crippen LogP contribution in [0, 0.1) is 0 Å². The fourth-order valence-corrected chi connectivity index (χ4v) is 3.91. The Hall–Kier alpha value is -1.84. The highest BCUT2D eigenvalue weighted by Gasteiger charge is 2.39. The predicted molar refractivity (Wildman–Crippen MR) is 101 cm³/mol. The van der Waals surface area contributed by atoms with E-state index >= 15 is 0 Å². The first kappa shape index (κ1) is 20.9. The number of alkyl halides is 3. The minimum atomic E-state index is -4.51. The van der Waals surface area contributed by atoms with Crippen molar-refractivity contribution in [3.63, 3.8) is 0 Å². The van der Waals surface area contributed by atoms with Crippen LogP contribution < -0.4 is 0 Å². The molecule has 0 fully saturated rings. The van der Waals surface area contributed by atoms with Crippen LogP contribution in [0.5, 0.6) is 0 Å². The Morgan fingerprint density at radius 1 is 1.25 bits per heavy atom. The standard InChI is InChI=1S/C18H23BrF3N5O/c1-3-26-9-13(19)14(23-26)10-25(2)16(28)11-27-15-8-6-4-5-7-12(15)17(24-27)18(20,21)22/h9H,3-8,10-11H2,1-2H3. The van der Waals surface area contributed by atoms with Gasteiger partial charge in [0.25, 0.3) is 0 Å². The summed E-state index contributed by atoms with van der Waals surface area (Å²) in [6.07, 6.45) is 0.597. The molecule has 2 aromatic rings. The smallest absolute Gasteiger partial charge is 0.338 e. The number of amides is 1. The quantitative estimate of drug-likeness (QED) is 0.636. The minimum Gasteiger partial charge on any atom is -0.338 e. The zero-order valence-corrected chi connectivity index (χ0v) is 17.5. The number of halogens is 4. The second-order valence-electron chi connectivity index (χ2n) is 7.02. The lowest BCUT2D eigenvalue weighted by Crippen LogP contribution is -2.31. The molecule has 0 spiro atoms. The van der Waals surface area contributed by atoms with Gasteiger partial charge in [-0.3, -0.25) is 14.2 Å². The van der Waals surface area contributed by atoms with Crippen LogP contribution >= 0.6 is 15.9 Å². The van der Waals surface area contributed by atoms with E-state index in [4.69, 9.17) is 0 Å². The van der Waals surface area contributed by atoms with Gasteiger partial charge >= 0.3 is 6.18 Å². The SMILES string of the molecule is CCn1cc(Br)c(CN(C)C(=O)Cn2nc(C(F)(F)F)c3c2CCCCC3)n1. The second-order valence-corrected chi connectivity index (χ2v) is 7.87. The van der Waals surface area contributed by atoms with Crippen LogP contribution in [0.2, 0.25) is 0 Å².